The van der Waals surface area contributed by atoms with Gasteiger partial charge in [-0.1, -0.05) is 49.6 Å². The van der Waals surface area contributed by atoms with Crippen LogP contribution >= 0.6 is 0 Å². The molecule has 1 aromatic heterocycles. The zero-order valence-electron chi connectivity index (χ0n) is 19.9. The number of pyridine rings is 1. The third-order valence-corrected chi connectivity index (χ3v) is 6.89. The van der Waals surface area contributed by atoms with Crippen LogP contribution < -0.4 is 15.0 Å². The maximum absolute atomic E-state index is 13.2. The van der Waals surface area contributed by atoms with E-state index < -0.39 is 5.97 Å². The molecule has 1 aliphatic heterocycles. The molecule has 2 N–H and O–H groups in total. The molecule has 1 aromatic carbocycles. The maximum atomic E-state index is 13.2. The minimum atomic E-state index is -0.768. The molecular weight excluding hydrogens is 430 g/mol. The number of carboxylic acids is 1. The Morgan fingerprint density at radius 1 is 1.09 bits per heavy atom. The number of hydrogen-bond acceptors (Lipinski definition) is 5. The van der Waals surface area contributed by atoms with Crippen molar-refractivity contribution >= 4 is 17.7 Å². The van der Waals surface area contributed by atoms with E-state index in [0.29, 0.717) is 18.0 Å². The lowest BCUT2D eigenvalue weighted by molar-refractivity contribution is -0.138. The van der Waals surface area contributed by atoms with Crippen molar-refractivity contribution in [3.05, 3.63) is 53.6 Å². The Hall–Kier alpha value is -3.09. The number of carboxylic acid groups (broad SMARTS) is 1. The number of carbonyl (C=O) groups excluding carboxylic acids is 1. The van der Waals surface area contributed by atoms with Gasteiger partial charge in [-0.05, 0) is 56.2 Å². The number of ether oxygens (including phenoxy) is 1. The standard InChI is InChI=1S/C27H35N3O4/c1-19(21-10-4-2-5-11-21)34-27-23(26(33)28-22-12-6-3-7-13-22)14-15-24(29-27)30-16-8-9-20(18-30)17-25(31)32/h2,4-5,10-11,14-15,19-20,22H,3,6-9,12-13,16-18H2,1H3,(H,28,33)(H,31,32)/t19-,20+/m1/s1. The van der Waals surface area contributed by atoms with Crippen LogP contribution in [0.3, 0.4) is 0 Å². The summed E-state index contributed by atoms with van der Waals surface area (Å²) in [4.78, 5) is 31.3. The van der Waals surface area contributed by atoms with Crippen LogP contribution in [0.5, 0.6) is 5.88 Å². The summed E-state index contributed by atoms with van der Waals surface area (Å²) in [6.07, 6.45) is 7.23. The van der Waals surface area contributed by atoms with Crippen LogP contribution in [0.4, 0.5) is 5.82 Å². The first-order valence-electron chi connectivity index (χ1n) is 12.5. The first kappa shape index (κ1) is 24.0. The van der Waals surface area contributed by atoms with Gasteiger partial charge in [-0.3, -0.25) is 9.59 Å². The molecule has 0 radical (unpaired) electrons. The van der Waals surface area contributed by atoms with E-state index in [1.54, 1.807) is 6.07 Å². The van der Waals surface area contributed by atoms with Crippen LogP contribution in [-0.4, -0.2) is 41.1 Å². The minimum Gasteiger partial charge on any atom is -0.481 e. The van der Waals surface area contributed by atoms with Gasteiger partial charge >= 0.3 is 5.97 Å². The molecule has 7 heteroatoms. The molecule has 2 heterocycles. The van der Waals surface area contributed by atoms with Crippen molar-refractivity contribution in [3.63, 3.8) is 0 Å². The predicted octanol–water partition coefficient (Wildman–Crippen LogP) is 4.98. The Kier molecular flexibility index (Phi) is 8.03. The van der Waals surface area contributed by atoms with Crippen molar-refractivity contribution in [3.8, 4) is 5.88 Å². The SMILES string of the molecule is C[C@@H](Oc1nc(N2CCC[C@@H](CC(=O)O)C2)ccc1C(=O)NC1CCCCC1)c1ccccc1. The summed E-state index contributed by atoms with van der Waals surface area (Å²) in [5.74, 6) is 0.218. The topological polar surface area (TPSA) is 91.8 Å². The van der Waals surface area contributed by atoms with Gasteiger partial charge in [0.25, 0.3) is 5.91 Å². The predicted molar refractivity (Wildman–Crippen MR) is 131 cm³/mol. The summed E-state index contributed by atoms with van der Waals surface area (Å²) in [6.45, 7) is 3.40. The third-order valence-electron chi connectivity index (χ3n) is 6.89. The van der Waals surface area contributed by atoms with E-state index in [0.717, 1.165) is 56.5 Å². The maximum Gasteiger partial charge on any atom is 0.303 e. The van der Waals surface area contributed by atoms with E-state index in [9.17, 15) is 14.7 Å². The molecule has 2 atom stereocenters. The van der Waals surface area contributed by atoms with Crippen molar-refractivity contribution in [2.45, 2.75) is 70.4 Å². The summed E-state index contributed by atoms with van der Waals surface area (Å²) >= 11 is 0. The highest BCUT2D eigenvalue weighted by Gasteiger charge is 2.26. The smallest absolute Gasteiger partial charge is 0.303 e. The molecule has 4 rings (SSSR count). The average molecular weight is 466 g/mol. The quantitative estimate of drug-likeness (QED) is 0.572. The van der Waals surface area contributed by atoms with Crippen molar-refractivity contribution in [2.75, 3.05) is 18.0 Å². The molecule has 2 fully saturated rings. The van der Waals surface area contributed by atoms with E-state index in [-0.39, 0.29) is 30.4 Å². The van der Waals surface area contributed by atoms with Crippen LogP contribution in [0.15, 0.2) is 42.5 Å². The summed E-state index contributed by atoms with van der Waals surface area (Å²) in [5.41, 5.74) is 1.45. The molecule has 1 saturated heterocycles. The zero-order chi connectivity index (χ0) is 23.9. The lowest BCUT2D eigenvalue weighted by Gasteiger charge is -2.33. The van der Waals surface area contributed by atoms with Crippen LogP contribution in [0.2, 0.25) is 0 Å². The Balaban J connectivity index is 1.57. The molecule has 0 spiro atoms. The average Bonchev–Trinajstić information content (AvgIpc) is 2.85. The number of anilines is 1. The molecule has 1 saturated carbocycles. The van der Waals surface area contributed by atoms with Crippen LogP contribution in [0.1, 0.15) is 80.3 Å². The number of benzene rings is 1. The van der Waals surface area contributed by atoms with Gasteiger partial charge in [0.1, 0.15) is 17.5 Å². The molecule has 1 aliphatic carbocycles. The summed E-state index contributed by atoms with van der Waals surface area (Å²) in [7, 11) is 0. The number of piperidine rings is 1. The van der Waals surface area contributed by atoms with Gasteiger partial charge in [0.2, 0.25) is 5.88 Å². The van der Waals surface area contributed by atoms with E-state index in [4.69, 9.17) is 9.72 Å². The largest absolute Gasteiger partial charge is 0.481 e. The van der Waals surface area contributed by atoms with Gasteiger partial charge in [0.05, 0.1) is 0 Å². The molecule has 34 heavy (non-hydrogen) atoms. The van der Waals surface area contributed by atoms with Crippen LogP contribution in [0.25, 0.3) is 0 Å². The number of amides is 1. The summed E-state index contributed by atoms with van der Waals surface area (Å²) < 4.78 is 6.27. The second kappa shape index (κ2) is 11.4. The summed E-state index contributed by atoms with van der Waals surface area (Å²) in [5, 5.41) is 12.4. The number of nitrogens with zero attached hydrogens (tertiary/aromatic N) is 2. The first-order chi connectivity index (χ1) is 16.5. The number of carbonyl (C=O) groups is 2. The molecule has 2 aromatic rings. The fourth-order valence-corrected chi connectivity index (χ4v) is 5.03. The summed E-state index contributed by atoms with van der Waals surface area (Å²) in [6, 6.07) is 13.7. The first-order valence-corrected chi connectivity index (χ1v) is 12.5. The Morgan fingerprint density at radius 2 is 1.85 bits per heavy atom. The molecule has 0 unspecified atom stereocenters. The van der Waals surface area contributed by atoms with Gasteiger partial charge in [-0.2, -0.15) is 4.98 Å². The van der Waals surface area contributed by atoms with E-state index >= 15 is 0 Å². The van der Waals surface area contributed by atoms with Gasteiger partial charge in [0.15, 0.2) is 0 Å². The van der Waals surface area contributed by atoms with Gasteiger partial charge in [-0.25, -0.2) is 0 Å². The Morgan fingerprint density at radius 3 is 2.59 bits per heavy atom. The highest BCUT2D eigenvalue weighted by atomic mass is 16.5. The highest BCUT2D eigenvalue weighted by Crippen LogP contribution is 2.30. The van der Waals surface area contributed by atoms with Gasteiger partial charge in [0, 0.05) is 25.6 Å². The third kappa shape index (κ3) is 6.27. The van der Waals surface area contributed by atoms with E-state index in [2.05, 4.69) is 10.2 Å². The molecular formula is C27H35N3O4. The minimum absolute atomic E-state index is 0.0925. The fraction of sp³-hybridized carbons (Fsp3) is 0.519. The van der Waals surface area contributed by atoms with Gasteiger partial charge in [-0.15, -0.1) is 0 Å². The van der Waals surface area contributed by atoms with Crippen LogP contribution in [-0.2, 0) is 4.79 Å². The van der Waals surface area contributed by atoms with Crippen molar-refractivity contribution in [2.24, 2.45) is 5.92 Å². The van der Waals surface area contributed by atoms with E-state index in [1.807, 2.05) is 43.3 Å². The highest BCUT2D eigenvalue weighted by molar-refractivity contribution is 5.96. The Bertz CT molecular complexity index is 975. The fourth-order valence-electron chi connectivity index (χ4n) is 5.03. The monoisotopic (exact) mass is 465 g/mol. The number of hydrogen-bond donors (Lipinski definition) is 2. The lowest BCUT2D eigenvalue weighted by atomic mass is 9.95. The van der Waals surface area contributed by atoms with Crippen molar-refractivity contribution in [1.82, 2.24) is 10.3 Å². The molecule has 1 amide bonds. The number of aromatic nitrogens is 1. The second-order valence-corrected chi connectivity index (χ2v) is 9.55. The van der Waals surface area contributed by atoms with Crippen LogP contribution in [0, 0.1) is 5.92 Å². The lowest BCUT2D eigenvalue weighted by Crippen LogP contribution is -2.38. The number of rotatable bonds is 8. The molecule has 182 valence electrons. The second-order valence-electron chi connectivity index (χ2n) is 9.55. The zero-order valence-corrected chi connectivity index (χ0v) is 19.9. The number of nitrogens with one attached hydrogen (secondary N) is 1. The molecule has 2 aliphatic rings. The van der Waals surface area contributed by atoms with Gasteiger partial charge < -0.3 is 20.1 Å². The van der Waals surface area contributed by atoms with Crippen molar-refractivity contribution < 1.29 is 19.4 Å². The van der Waals surface area contributed by atoms with Crippen molar-refractivity contribution in [1.29, 1.82) is 0 Å². The molecule has 7 nitrogen and oxygen atoms in total. The Labute approximate surface area is 201 Å². The number of aliphatic carboxylic acids is 1. The normalized spacial score (nSPS) is 19.9. The molecule has 0 bridgehead atoms. The van der Waals surface area contributed by atoms with E-state index in [1.165, 1.54) is 6.42 Å².